The highest BCUT2D eigenvalue weighted by molar-refractivity contribution is 6.32. The van der Waals surface area contributed by atoms with Crippen LogP contribution in [0.4, 0.5) is 5.69 Å². The summed E-state index contributed by atoms with van der Waals surface area (Å²) in [4.78, 5) is 38.9. The lowest BCUT2D eigenvalue weighted by Gasteiger charge is -2.16. The maximum absolute atomic E-state index is 12.1. The Bertz CT molecular complexity index is 875. The van der Waals surface area contributed by atoms with Crippen molar-refractivity contribution < 1.29 is 9.53 Å². The van der Waals surface area contributed by atoms with Crippen molar-refractivity contribution in [3.8, 4) is 5.75 Å². The number of aryl methyl sites for hydroxylation is 1. The van der Waals surface area contributed by atoms with Gasteiger partial charge in [0.15, 0.2) is 0 Å². The standard InChI is InChI=1S/C15H17ClN4O4/c1-7-3-4-10(9(16)5-7)24-6-8(2)18-14(22)12-11(17)13(21)20-15(23)19-12/h3-5,8H,6,17H2,1-2H3,(H,18,22)(H2,19,20,21,23). The molecule has 0 aliphatic carbocycles. The molecule has 0 aliphatic heterocycles. The number of carbonyl (C=O) groups excluding carboxylic acids is 1. The van der Waals surface area contributed by atoms with Gasteiger partial charge >= 0.3 is 5.69 Å². The minimum atomic E-state index is -0.820. The molecule has 24 heavy (non-hydrogen) atoms. The van der Waals surface area contributed by atoms with Crippen molar-refractivity contribution in [2.75, 3.05) is 12.3 Å². The van der Waals surface area contributed by atoms with E-state index in [4.69, 9.17) is 22.1 Å². The summed E-state index contributed by atoms with van der Waals surface area (Å²) in [6, 6.07) is 4.93. The predicted octanol–water partition coefficient (Wildman–Crippen LogP) is 0.805. The molecular formula is C15H17ClN4O4. The van der Waals surface area contributed by atoms with Crippen molar-refractivity contribution in [1.29, 1.82) is 0 Å². The van der Waals surface area contributed by atoms with Gasteiger partial charge < -0.3 is 20.8 Å². The van der Waals surface area contributed by atoms with Crippen LogP contribution in [0, 0.1) is 6.92 Å². The van der Waals surface area contributed by atoms with Gasteiger partial charge in [0.25, 0.3) is 11.5 Å². The van der Waals surface area contributed by atoms with Crippen LogP contribution in [-0.4, -0.2) is 28.5 Å². The number of hydrogen-bond acceptors (Lipinski definition) is 5. The number of nitrogen functional groups attached to an aromatic ring is 1. The van der Waals surface area contributed by atoms with Crippen LogP contribution < -0.4 is 27.0 Å². The summed E-state index contributed by atoms with van der Waals surface area (Å²) in [7, 11) is 0. The van der Waals surface area contributed by atoms with E-state index in [2.05, 4.69) is 10.3 Å². The fourth-order valence-electron chi connectivity index (χ4n) is 1.95. The molecule has 9 heteroatoms. The minimum absolute atomic E-state index is 0.141. The van der Waals surface area contributed by atoms with Crippen LogP contribution in [0.3, 0.4) is 0 Å². The molecule has 0 radical (unpaired) electrons. The maximum atomic E-state index is 12.1. The van der Waals surface area contributed by atoms with Gasteiger partial charge in [0, 0.05) is 0 Å². The van der Waals surface area contributed by atoms with Gasteiger partial charge in [0.1, 0.15) is 23.7 Å². The number of amides is 1. The second-order valence-electron chi connectivity index (χ2n) is 5.32. The van der Waals surface area contributed by atoms with Gasteiger partial charge in [0.2, 0.25) is 0 Å². The Morgan fingerprint density at radius 1 is 1.38 bits per heavy atom. The Balaban J connectivity index is 2.02. The second kappa shape index (κ2) is 7.22. The van der Waals surface area contributed by atoms with Crippen LogP contribution in [0.2, 0.25) is 5.02 Å². The molecule has 0 saturated carbocycles. The summed E-state index contributed by atoms with van der Waals surface area (Å²) >= 11 is 6.06. The monoisotopic (exact) mass is 352 g/mol. The molecule has 1 heterocycles. The Labute approximate surface area is 142 Å². The van der Waals surface area contributed by atoms with Crippen LogP contribution in [0.25, 0.3) is 0 Å². The van der Waals surface area contributed by atoms with Crippen molar-refractivity contribution in [1.82, 2.24) is 15.3 Å². The average Bonchev–Trinajstić information content (AvgIpc) is 2.49. The molecule has 2 rings (SSSR count). The molecule has 0 aliphatic rings. The van der Waals surface area contributed by atoms with Crippen molar-refractivity contribution in [3.63, 3.8) is 0 Å². The molecule has 1 atom stereocenters. The Kier molecular flexibility index (Phi) is 5.30. The zero-order valence-electron chi connectivity index (χ0n) is 13.1. The number of hydrogen-bond donors (Lipinski definition) is 4. The number of nitrogens with two attached hydrogens (primary N) is 1. The van der Waals surface area contributed by atoms with Crippen molar-refractivity contribution in [2.24, 2.45) is 0 Å². The first kappa shape index (κ1) is 17.6. The van der Waals surface area contributed by atoms with E-state index in [0.29, 0.717) is 10.8 Å². The van der Waals surface area contributed by atoms with Crippen LogP contribution in [0.5, 0.6) is 5.75 Å². The quantitative estimate of drug-likeness (QED) is 0.632. The van der Waals surface area contributed by atoms with Gasteiger partial charge in [-0.1, -0.05) is 17.7 Å². The number of ether oxygens (including phenoxy) is 1. The smallest absolute Gasteiger partial charge is 0.326 e. The first-order valence-corrected chi connectivity index (χ1v) is 7.47. The Hall–Kier alpha value is -2.74. The van der Waals surface area contributed by atoms with Gasteiger partial charge in [-0.3, -0.25) is 14.6 Å². The van der Waals surface area contributed by atoms with E-state index in [1.165, 1.54) is 0 Å². The number of aromatic amines is 2. The molecule has 0 bridgehead atoms. The third-order valence-electron chi connectivity index (χ3n) is 3.16. The van der Waals surface area contributed by atoms with Crippen LogP contribution in [0.1, 0.15) is 23.0 Å². The minimum Gasteiger partial charge on any atom is -0.490 e. The number of aromatic nitrogens is 2. The summed E-state index contributed by atoms with van der Waals surface area (Å²) < 4.78 is 5.55. The third-order valence-corrected chi connectivity index (χ3v) is 3.46. The number of carbonyl (C=O) groups is 1. The first-order valence-electron chi connectivity index (χ1n) is 7.10. The van der Waals surface area contributed by atoms with E-state index in [1.807, 2.05) is 18.0 Å². The van der Waals surface area contributed by atoms with Crippen LogP contribution in [-0.2, 0) is 0 Å². The molecule has 128 valence electrons. The highest BCUT2D eigenvalue weighted by Gasteiger charge is 2.17. The van der Waals surface area contributed by atoms with E-state index >= 15 is 0 Å². The van der Waals surface area contributed by atoms with Gasteiger partial charge in [-0.15, -0.1) is 0 Å². The highest BCUT2D eigenvalue weighted by Crippen LogP contribution is 2.25. The number of anilines is 1. The van der Waals surface area contributed by atoms with Crippen LogP contribution in [0.15, 0.2) is 27.8 Å². The molecule has 0 saturated heterocycles. The molecular weight excluding hydrogens is 336 g/mol. The molecule has 1 amide bonds. The lowest BCUT2D eigenvalue weighted by atomic mass is 10.2. The van der Waals surface area contributed by atoms with E-state index in [1.54, 1.807) is 19.1 Å². The van der Waals surface area contributed by atoms with E-state index in [0.717, 1.165) is 5.56 Å². The molecule has 0 fully saturated rings. The Morgan fingerprint density at radius 3 is 2.75 bits per heavy atom. The fourth-order valence-corrected chi connectivity index (χ4v) is 2.24. The fraction of sp³-hybridized carbons (Fsp3) is 0.267. The number of rotatable bonds is 5. The lowest BCUT2D eigenvalue weighted by Crippen LogP contribution is -2.40. The molecule has 5 N–H and O–H groups in total. The highest BCUT2D eigenvalue weighted by atomic mass is 35.5. The van der Waals surface area contributed by atoms with Crippen molar-refractivity contribution in [2.45, 2.75) is 19.9 Å². The first-order chi connectivity index (χ1) is 11.3. The van der Waals surface area contributed by atoms with Gasteiger partial charge in [-0.05, 0) is 31.5 Å². The number of benzene rings is 1. The second-order valence-corrected chi connectivity index (χ2v) is 5.72. The predicted molar refractivity (Wildman–Crippen MR) is 90.7 cm³/mol. The summed E-state index contributed by atoms with van der Waals surface area (Å²) in [6.07, 6.45) is 0. The van der Waals surface area contributed by atoms with E-state index in [9.17, 15) is 14.4 Å². The topological polar surface area (TPSA) is 130 Å². The van der Waals surface area contributed by atoms with E-state index < -0.39 is 23.2 Å². The third kappa shape index (κ3) is 4.17. The zero-order chi connectivity index (χ0) is 17.9. The molecule has 1 aromatic carbocycles. The average molecular weight is 353 g/mol. The summed E-state index contributed by atoms with van der Waals surface area (Å²) in [5, 5.41) is 3.05. The lowest BCUT2D eigenvalue weighted by molar-refractivity contribution is 0.0922. The van der Waals surface area contributed by atoms with Gasteiger partial charge in [0.05, 0.1) is 11.1 Å². The number of H-pyrrole nitrogens is 2. The Morgan fingerprint density at radius 2 is 2.08 bits per heavy atom. The molecule has 1 aromatic heterocycles. The van der Waals surface area contributed by atoms with Gasteiger partial charge in [-0.2, -0.15) is 0 Å². The molecule has 2 aromatic rings. The molecule has 8 nitrogen and oxygen atoms in total. The summed E-state index contributed by atoms with van der Waals surface area (Å²) in [6.45, 7) is 3.74. The summed E-state index contributed by atoms with van der Waals surface area (Å²) in [5.41, 5.74) is 4.23. The van der Waals surface area contributed by atoms with Gasteiger partial charge in [-0.25, -0.2) is 4.79 Å². The number of nitrogens with one attached hydrogen (secondary N) is 3. The van der Waals surface area contributed by atoms with Crippen molar-refractivity contribution >= 4 is 23.2 Å². The summed E-state index contributed by atoms with van der Waals surface area (Å²) in [5.74, 6) is -0.186. The SMILES string of the molecule is Cc1ccc(OCC(C)NC(=O)c2[nH]c(=O)[nH]c(=O)c2N)c(Cl)c1. The van der Waals surface area contributed by atoms with Crippen molar-refractivity contribution in [3.05, 3.63) is 55.3 Å². The van der Waals surface area contributed by atoms with Crippen LogP contribution >= 0.6 is 11.6 Å². The zero-order valence-corrected chi connectivity index (χ0v) is 13.9. The normalized spacial score (nSPS) is 11.8. The van der Waals surface area contributed by atoms with E-state index in [-0.39, 0.29) is 18.0 Å². The molecule has 0 spiro atoms. The molecule has 1 unspecified atom stereocenters. The number of halogens is 1. The largest absolute Gasteiger partial charge is 0.490 e. The maximum Gasteiger partial charge on any atom is 0.326 e.